The minimum absolute atomic E-state index is 0.376. The summed E-state index contributed by atoms with van der Waals surface area (Å²) in [6, 6.07) is 8.30. The average molecular weight is 244 g/mol. The molecule has 0 fully saturated rings. The van der Waals surface area contributed by atoms with Gasteiger partial charge >= 0.3 is 5.97 Å². The van der Waals surface area contributed by atoms with Crippen molar-refractivity contribution >= 4 is 5.97 Å². The Hall–Kier alpha value is -2.43. The Morgan fingerprint density at radius 2 is 1.89 bits per heavy atom. The molecule has 0 aliphatic rings. The van der Waals surface area contributed by atoms with Crippen LogP contribution in [0.4, 0.5) is 0 Å². The molecule has 0 saturated heterocycles. The number of aryl methyl sites for hydroxylation is 1. The van der Waals surface area contributed by atoms with Gasteiger partial charge in [-0.25, -0.2) is 9.78 Å². The van der Waals surface area contributed by atoms with Crippen LogP contribution in [0.15, 0.2) is 36.5 Å². The van der Waals surface area contributed by atoms with Gasteiger partial charge in [-0.05, 0) is 31.2 Å². The molecule has 0 N–H and O–H groups in total. The van der Waals surface area contributed by atoms with Gasteiger partial charge in [0, 0.05) is 12.3 Å². The molecule has 18 heavy (non-hydrogen) atoms. The molecule has 2 aromatic rings. The van der Waals surface area contributed by atoms with Crippen molar-refractivity contribution in [3.8, 4) is 11.6 Å². The Morgan fingerprint density at radius 3 is 2.50 bits per heavy atom. The summed E-state index contributed by atoms with van der Waals surface area (Å²) in [6.45, 7) is 1.78. The number of benzene rings is 1. The van der Waals surface area contributed by atoms with Crippen LogP contribution in [0.3, 0.4) is 0 Å². The predicted octanol–water partition coefficient (Wildman–Crippen LogP) is 2.36. The smallest absolute Gasteiger partial charge is 0.337 e. The number of rotatable bonds is 3. The van der Waals surface area contributed by atoms with E-state index < -0.39 is 0 Å². The Kier molecular flexibility index (Phi) is 3.52. The highest BCUT2D eigenvalue weighted by Crippen LogP contribution is 2.19. The maximum Gasteiger partial charge on any atom is 0.337 e. The van der Waals surface area contributed by atoms with E-state index in [0.29, 0.717) is 23.0 Å². The zero-order valence-corrected chi connectivity index (χ0v) is 10.1. The molecule has 0 amide bonds. The molecule has 0 aliphatic carbocycles. The highest BCUT2D eigenvalue weighted by atomic mass is 16.5. The van der Waals surface area contributed by atoms with Crippen LogP contribution < -0.4 is 4.74 Å². The average Bonchev–Trinajstić information content (AvgIpc) is 2.39. The number of carbonyl (C=O) groups excluding carboxylic acids is 1. The van der Waals surface area contributed by atoms with Gasteiger partial charge in [0.1, 0.15) is 11.6 Å². The summed E-state index contributed by atoms with van der Waals surface area (Å²) in [5.74, 6) is 1.33. The second-order valence-electron chi connectivity index (χ2n) is 3.56. The third kappa shape index (κ3) is 2.82. The molecule has 1 aromatic heterocycles. The van der Waals surface area contributed by atoms with E-state index in [1.807, 2.05) is 0 Å². The summed E-state index contributed by atoms with van der Waals surface area (Å²) in [5.41, 5.74) is 0.476. The quantitative estimate of drug-likeness (QED) is 0.775. The van der Waals surface area contributed by atoms with Crippen molar-refractivity contribution in [2.75, 3.05) is 7.11 Å². The number of hydrogen-bond acceptors (Lipinski definition) is 5. The van der Waals surface area contributed by atoms with Gasteiger partial charge in [0.15, 0.2) is 0 Å². The lowest BCUT2D eigenvalue weighted by Gasteiger charge is -2.05. The molecule has 0 atom stereocenters. The van der Waals surface area contributed by atoms with E-state index in [4.69, 9.17) is 4.74 Å². The van der Waals surface area contributed by atoms with Crippen molar-refractivity contribution in [1.82, 2.24) is 9.97 Å². The summed E-state index contributed by atoms with van der Waals surface area (Å²) in [7, 11) is 1.34. The maximum atomic E-state index is 11.2. The number of ether oxygens (including phenoxy) is 2. The van der Waals surface area contributed by atoms with Gasteiger partial charge in [-0.1, -0.05) is 0 Å². The van der Waals surface area contributed by atoms with Crippen LogP contribution in [0, 0.1) is 6.92 Å². The monoisotopic (exact) mass is 244 g/mol. The molecule has 0 saturated carbocycles. The predicted molar refractivity (Wildman–Crippen MR) is 64.6 cm³/mol. The molecule has 92 valence electrons. The number of esters is 1. The first-order valence-corrected chi connectivity index (χ1v) is 5.35. The summed E-state index contributed by atoms with van der Waals surface area (Å²) in [5, 5.41) is 0. The van der Waals surface area contributed by atoms with E-state index in [1.165, 1.54) is 7.11 Å². The van der Waals surface area contributed by atoms with Crippen molar-refractivity contribution in [2.24, 2.45) is 0 Å². The van der Waals surface area contributed by atoms with Crippen LogP contribution in [0.1, 0.15) is 16.2 Å². The third-order valence-electron chi connectivity index (χ3n) is 2.25. The standard InChI is InChI=1S/C13H12N2O3/c1-9-14-8-7-12(15-9)18-11-5-3-10(4-6-11)13(16)17-2/h3-8H,1-2H3. The van der Waals surface area contributed by atoms with Gasteiger partial charge in [0.05, 0.1) is 12.7 Å². The zero-order valence-electron chi connectivity index (χ0n) is 10.1. The van der Waals surface area contributed by atoms with Gasteiger partial charge in [-0.15, -0.1) is 0 Å². The molecule has 2 rings (SSSR count). The molecular weight excluding hydrogens is 232 g/mol. The van der Waals surface area contributed by atoms with Gasteiger partial charge in [-0.3, -0.25) is 0 Å². The SMILES string of the molecule is COC(=O)c1ccc(Oc2ccnc(C)n2)cc1. The number of hydrogen-bond donors (Lipinski definition) is 0. The second-order valence-corrected chi connectivity index (χ2v) is 3.56. The largest absolute Gasteiger partial charge is 0.465 e. The molecule has 5 heteroatoms. The van der Waals surface area contributed by atoms with E-state index in [1.54, 1.807) is 43.5 Å². The number of carbonyl (C=O) groups is 1. The van der Waals surface area contributed by atoms with Crippen LogP contribution in [0.2, 0.25) is 0 Å². The lowest BCUT2D eigenvalue weighted by Crippen LogP contribution is -2.00. The van der Waals surface area contributed by atoms with Crippen molar-refractivity contribution in [2.45, 2.75) is 6.92 Å². The Balaban J connectivity index is 2.13. The van der Waals surface area contributed by atoms with E-state index in [2.05, 4.69) is 14.7 Å². The molecule has 0 bridgehead atoms. The highest BCUT2D eigenvalue weighted by molar-refractivity contribution is 5.89. The van der Waals surface area contributed by atoms with Crippen LogP contribution in [0.5, 0.6) is 11.6 Å². The first-order chi connectivity index (χ1) is 8.69. The molecule has 1 aromatic carbocycles. The third-order valence-corrected chi connectivity index (χ3v) is 2.25. The zero-order chi connectivity index (χ0) is 13.0. The maximum absolute atomic E-state index is 11.2. The summed E-state index contributed by atoms with van der Waals surface area (Å²) < 4.78 is 10.1. The molecule has 0 radical (unpaired) electrons. The van der Waals surface area contributed by atoms with Crippen molar-refractivity contribution in [1.29, 1.82) is 0 Å². The van der Waals surface area contributed by atoms with Gasteiger partial charge in [-0.2, -0.15) is 4.98 Å². The molecule has 5 nitrogen and oxygen atoms in total. The van der Waals surface area contributed by atoms with Crippen LogP contribution in [0.25, 0.3) is 0 Å². The van der Waals surface area contributed by atoms with Crippen LogP contribution in [-0.4, -0.2) is 23.0 Å². The van der Waals surface area contributed by atoms with Crippen LogP contribution >= 0.6 is 0 Å². The summed E-state index contributed by atoms with van der Waals surface area (Å²) in [6.07, 6.45) is 1.63. The summed E-state index contributed by atoms with van der Waals surface area (Å²) in [4.78, 5) is 19.3. The number of aromatic nitrogens is 2. The van der Waals surface area contributed by atoms with E-state index >= 15 is 0 Å². The number of methoxy groups -OCH3 is 1. The Bertz CT molecular complexity index is 552. The minimum atomic E-state index is -0.376. The van der Waals surface area contributed by atoms with Crippen molar-refractivity contribution < 1.29 is 14.3 Å². The summed E-state index contributed by atoms with van der Waals surface area (Å²) >= 11 is 0. The molecule has 1 heterocycles. The normalized spacial score (nSPS) is 9.89. The molecule has 0 unspecified atom stereocenters. The fourth-order valence-corrected chi connectivity index (χ4v) is 1.39. The first kappa shape index (κ1) is 12.0. The minimum Gasteiger partial charge on any atom is -0.465 e. The number of nitrogens with zero attached hydrogens (tertiary/aromatic N) is 2. The molecule has 0 spiro atoms. The topological polar surface area (TPSA) is 61.3 Å². The first-order valence-electron chi connectivity index (χ1n) is 5.35. The lowest BCUT2D eigenvalue weighted by atomic mass is 10.2. The van der Waals surface area contributed by atoms with Crippen LogP contribution in [-0.2, 0) is 4.74 Å². The fraction of sp³-hybridized carbons (Fsp3) is 0.154. The lowest BCUT2D eigenvalue weighted by molar-refractivity contribution is 0.0600. The van der Waals surface area contributed by atoms with Crippen molar-refractivity contribution in [3.63, 3.8) is 0 Å². The van der Waals surface area contributed by atoms with Gasteiger partial charge < -0.3 is 9.47 Å². The van der Waals surface area contributed by atoms with E-state index in [9.17, 15) is 4.79 Å². The molecular formula is C13H12N2O3. The van der Waals surface area contributed by atoms with Gasteiger partial charge in [0.25, 0.3) is 0 Å². The molecule has 0 aliphatic heterocycles. The second kappa shape index (κ2) is 5.27. The Morgan fingerprint density at radius 1 is 1.17 bits per heavy atom. The van der Waals surface area contributed by atoms with E-state index in [0.717, 1.165) is 0 Å². The Labute approximate surface area is 104 Å². The van der Waals surface area contributed by atoms with E-state index in [-0.39, 0.29) is 5.97 Å². The van der Waals surface area contributed by atoms with Crippen molar-refractivity contribution in [3.05, 3.63) is 47.9 Å². The van der Waals surface area contributed by atoms with Gasteiger partial charge in [0.2, 0.25) is 5.88 Å². The fourth-order valence-electron chi connectivity index (χ4n) is 1.39. The highest BCUT2D eigenvalue weighted by Gasteiger charge is 2.05.